The summed E-state index contributed by atoms with van der Waals surface area (Å²) in [5, 5.41) is 0. The van der Waals surface area contributed by atoms with Crippen LogP contribution in [-0.4, -0.2) is 36.3 Å². The molecule has 1 aromatic carbocycles. The molecule has 1 atom stereocenters. The number of amides is 2. The number of carbonyl (C=O) groups excluding carboxylic acids is 2. The fourth-order valence-electron chi connectivity index (χ4n) is 2.67. The van der Waals surface area contributed by atoms with Gasteiger partial charge in [0.15, 0.2) is 0 Å². The van der Waals surface area contributed by atoms with Crippen molar-refractivity contribution in [3.8, 4) is 0 Å². The van der Waals surface area contributed by atoms with Gasteiger partial charge in [0.25, 0.3) is 0 Å². The fraction of sp³-hybridized carbons (Fsp3) is 0.500. The second-order valence-electron chi connectivity index (χ2n) is 5.35. The Morgan fingerprint density at radius 3 is 2.62 bits per heavy atom. The molecule has 21 heavy (non-hydrogen) atoms. The molecule has 2 rings (SSSR count). The van der Waals surface area contributed by atoms with Crippen molar-refractivity contribution >= 4 is 33.4 Å². The van der Waals surface area contributed by atoms with Crippen molar-refractivity contribution in [3.63, 3.8) is 0 Å². The standard InChI is InChI=1S/C16H21BrN2O2/c1-4-18(5-2)16(21)12-8-15(20)19(10-12)13-7-6-11(3)14(17)9-13/h6-7,9,12H,4-5,8,10H2,1-3H3. The van der Waals surface area contributed by atoms with Crippen LogP contribution in [0.4, 0.5) is 5.69 Å². The minimum absolute atomic E-state index is 0.0243. The van der Waals surface area contributed by atoms with Crippen LogP contribution in [0, 0.1) is 12.8 Å². The minimum Gasteiger partial charge on any atom is -0.343 e. The van der Waals surface area contributed by atoms with Gasteiger partial charge in [-0.25, -0.2) is 0 Å². The van der Waals surface area contributed by atoms with E-state index in [1.165, 1.54) is 0 Å². The van der Waals surface area contributed by atoms with Gasteiger partial charge >= 0.3 is 0 Å². The molecule has 1 saturated heterocycles. The third-order valence-corrected chi connectivity index (χ3v) is 4.87. The Morgan fingerprint density at radius 1 is 1.38 bits per heavy atom. The van der Waals surface area contributed by atoms with Gasteiger partial charge in [-0.05, 0) is 38.5 Å². The molecule has 5 heteroatoms. The molecule has 1 fully saturated rings. The topological polar surface area (TPSA) is 40.6 Å². The zero-order valence-corrected chi connectivity index (χ0v) is 14.3. The van der Waals surface area contributed by atoms with Crippen LogP contribution in [0.2, 0.25) is 0 Å². The quantitative estimate of drug-likeness (QED) is 0.835. The molecule has 1 heterocycles. The lowest BCUT2D eigenvalue weighted by Crippen LogP contribution is -2.37. The molecule has 1 aliphatic heterocycles. The number of anilines is 1. The van der Waals surface area contributed by atoms with Gasteiger partial charge in [-0.15, -0.1) is 0 Å². The third-order valence-electron chi connectivity index (χ3n) is 4.02. The van der Waals surface area contributed by atoms with E-state index in [4.69, 9.17) is 0 Å². The molecule has 4 nitrogen and oxygen atoms in total. The van der Waals surface area contributed by atoms with Gasteiger partial charge in [-0.1, -0.05) is 22.0 Å². The predicted molar refractivity (Wildman–Crippen MR) is 87.3 cm³/mol. The summed E-state index contributed by atoms with van der Waals surface area (Å²) in [4.78, 5) is 28.1. The number of benzene rings is 1. The van der Waals surface area contributed by atoms with E-state index in [9.17, 15) is 9.59 Å². The van der Waals surface area contributed by atoms with Crippen LogP contribution in [0.3, 0.4) is 0 Å². The lowest BCUT2D eigenvalue weighted by molar-refractivity contribution is -0.135. The highest BCUT2D eigenvalue weighted by molar-refractivity contribution is 9.10. The SMILES string of the molecule is CCN(CC)C(=O)C1CC(=O)N(c2ccc(C)c(Br)c2)C1. The first-order valence-corrected chi connectivity index (χ1v) is 8.12. The van der Waals surface area contributed by atoms with E-state index in [1.54, 1.807) is 9.80 Å². The first-order valence-electron chi connectivity index (χ1n) is 7.33. The van der Waals surface area contributed by atoms with Crippen LogP contribution < -0.4 is 4.90 Å². The molecule has 0 saturated carbocycles. The molecular weight excluding hydrogens is 332 g/mol. The summed E-state index contributed by atoms with van der Waals surface area (Å²) in [6, 6.07) is 5.85. The molecule has 2 amide bonds. The highest BCUT2D eigenvalue weighted by Gasteiger charge is 2.36. The van der Waals surface area contributed by atoms with E-state index < -0.39 is 0 Å². The molecule has 1 aliphatic rings. The van der Waals surface area contributed by atoms with Gasteiger partial charge in [0.05, 0.1) is 5.92 Å². The summed E-state index contributed by atoms with van der Waals surface area (Å²) < 4.78 is 0.978. The van der Waals surface area contributed by atoms with Crippen molar-refractivity contribution in [2.24, 2.45) is 5.92 Å². The number of rotatable bonds is 4. The molecule has 0 aliphatic carbocycles. The monoisotopic (exact) mass is 352 g/mol. The molecule has 0 radical (unpaired) electrons. The smallest absolute Gasteiger partial charge is 0.227 e. The van der Waals surface area contributed by atoms with Crippen molar-refractivity contribution < 1.29 is 9.59 Å². The van der Waals surface area contributed by atoms with Crippen molar-refractivity contribution in [2.45, 2.75) is 27.2 Å². The van der Waals surface area contributed by atoms with Crippen molar-refractivity contribution in [1.82, 2.24) is 4.90 Å². The van der Waals surface area contributed by atoms with Crippen LogP contribution in [0.5, 0.6) is 0 Å². The largest absolute Gasteiger partial charge is 0.343 e. The van der Waals surface area contributed by atoms with Crippen LogP contribution in [0.1, 0.15) is 25.8 Å². The first-order chi connectivity index (χ1) is 9.97. The third kappa shape index (κ3) is 3.28. The number of carbonyl (C=O) groups is 2. The Labute approximate surface area is 134 Å². The second-order valence-corrected chi connectivity index (χ2v) is 6.20. The van der Waals surface area contributed by atoms with E-state index in [0.29, 0.717) is 26.1 Å². The lowest BCUT2D eigenvalue weighted by Gasteiger charge is -2.22. The number of hydrogen-bond donors (Lipinski definition) is 0. The Bertz CT molecular complexity index is 555. The number of nitrogens with zero attached hydrogens (tertiary/aromatic N) is 2. The van der Waals surface area contributed by atoms with Gasteiger partial charge in [0, 0.05) is 36.2 Å². The van der Waals surface area contributed by atoms with Gasteiger partial charge < -0.3 is 9.80 Å². The molecule has 0 aromatic heterocycles. The number of hydrogen-bond acceptors (Lipinski definition) is 2. The predicted octanol–water partition coefficient (Wildman–Crippen LogP) is 2.98. The Kier molecular flexibility index (Phi) is 5.04. The average molecular weight is 353 g/mol. The molecule has 1 unspecified atom stereocenters. The average Bonchev–Trinajstić information content (AvgIpc) is 2.85. The lowest BCUT2D eigenvalue weighted by atomic mass is 10.1. The van der Waals surface area contributed by atoms with Crippen molar-refractivity contribution in [1.29, 1.82) is 0 Å². The number of halogens is 1. The highest BCUT2D eigenvalue weighted by atomic mass is 79.9. The molecule has 1 aromatic rings. The molecule has 0 N–H and O–H groups in total. The highest BCUT2D eigenvalue weighted by Crippen LogP contribution is 2.29. The van der Waals surface area contributed by atoms with Crippen molar-refractivity contribution in [3.05, 3.63) is 28.2 Å². The first kappa shape index (κ1) is 16.0. The summed E-state index contributed by atoms with van der Waals surface area (Å²) in [7, 11) is 0. The Balaban J connectivity index is 2.16. The van der Waals surface area contributed by atoms with Gasteiger partial charge in [0.2, 0.25) is 11.8 Å². The maximum absolute atomic E-state index is 12.4. The Hall–Kier alpha value is -1.36. The Morgan fingerprint density at radius 2 is 2.05 bits per heavy atom. The van der Waals surface area contributed by atoms with Crippen LogP contribution in [0.25, 0.3) is 0 Å². The summed E-state index contributed by atoms with van der Waals surface area (Å²) in [5.41, 5.74) is 1.98. The molecule has 0 spiro atoms. The molecular formula is C16H21BrN2O2. The van der Waals surface area contributed by atoms with Crippen LogP contribution >= 0.6 is 15.9 Å². The van der Waals surface area contributed by atoms with E-state index in [1.807, 2.05) is 39.0 Å². The maximum atomic E-state index is 12.4. The zero-order valence-electron chi connectivity index (χ0n) is 12.7. The number of aryl methyl sites for hydroxylation is 1. The zero-order chi connectivity index (χ0) is 15.6. The molecule has 114 valence electrons. The summed E-state index contributed by atoms with van der Waals surface area (Å²) in [5.74, 6) is -0.115. The minimum atomic E-state index is -0.225. The normalized spacial score (nSPS) is 18.2. The van der Waals surface area contributed by atoms with E-state index >= 15 is 0 Å². The van der Waals surface area contributed by atoms with E-state index in [-0.39, 0.29) is 17.7 Å². The van der Waals surface area contributed by atoms with Crippen molar-refractivity contribution in [2.75, 3.05) is 24.5 Å². The van der Waals surface area contributed by atoms with Gasteiger partial charge in [-0.3, -0.25) is 9.59 Å². The van der Waals surface area contributed by atoms with Gasteiger partial charge in [0.1, 0.15) is 0 Å². The summed E-state index contributed by atoms with van der Waals surface area (Å²) >= 11 is 3.49. The van der Waals surface area contributed by atoms with E-state index in [2.05, 4.69) is 15.9 Å². The fourth-order valence-corrected chi connectivity index (χ4v) is 3.03. The molecule has 0 bridgehead atoms. The summed E-state index contributed by atoms with van der Waals surface area (Å²) in [6.45, 7) is 7.79. The van der Waals surface area contributed by atoms with Gasteiger partial charge in [-0.2, -0.15) is 0 Å². The van der Waals surface area contributed by atoms with Crippen LogP contribution in [-0.2, 0) is 9.59 Å². The van der Waals surface area contributed by atoms with Crippen LogP contribution in [0.15, 0.2) is 22.7 Å². The summed E-state index contributed by atoms with van der Waals surface area (Å²) in [6.07, 6.45) is 0.306. The maximum Gasteiger partial charge on any atom is 0.227 e. The second kappa shape index (κ2) is 6.60. The van der Waals surface area contributed by atoms with E-state index in [0.717, 1.165) is 15.7 Å².